The lowest BCUT2D eigenvalue weighted by molar-refractivity contribution is 1.54. The molecule has 0 atom stereocenters. The van der Waals surface area contributed by atoms with Gasteiger partial charge in [0.1, 0.15) is 0 Å². The average molecular weight is 262 g/mol. The van der Waals surface area contributed by atoms with Crippen molar-refractivity contribution in [3.8, 4) is 0 Å². The third-order valence-corrected chi connectivity index (χ3v) is 4.21. The molecule has 0 bridgehead atoms. The molecule has 0 saturated heterocycles. The van der Waals surface area contributed by atoms with Gasteiger partial charge in [0.2, 0.25) is 0 Å². The Labute approximate surface area is 88.3 Å². The van der Waals surface area contributed by atoms with Gasteiger partial charge in [-0.25, -0.2) is 0 Å². The minimum atomic E-state index is 0.839. The van der Waals surface area contributed by atoms with Gasteiger partial charge in [-0.2, -0.15) is 0 Å². The fraction of sp³-hybridized carbons (Fsp3) is 0.111. The van der Waals surface area contributed by atoms with Crippen LogP contribution in [-0.2, 0) is 0 Å². The van der Waals surface area contributed by atoms with Crippen molar-refractivity contribution in [1.29, 1.82) is 0 Å². The number of thiophene rings is 1. The monoisotopic (exact) mass is 260 g/mol. The van der Waals surface area contributed by atoms with Crippen molar-refractivity contribution in [3.05, 3.63) is 32.6 Å². The molecule has 0 N–H and O–H groups in total. The standard InChI is InChI=1S/C9H6BrClS/c1-5-2-3-7(11)9-8(5)6(10)4-12-9/h2-4H,1H3. The van der Waals surface area contributed by atoms with E-state index in [1.54, 1.807) is 11.3 Å². The summed E-state index contributed by atoms with van der Waals surface area (Å²) in [5.41, 5.74) is 1.27. The van der Waals surface area contributed by atoms with Crippen LogP contribution in [0.2, 0.25) is 5.02 Å². The van der Waals surface area contributed by atoms with E-state index < -0.39 is 0 Å². The topological polar surface area (TPSA) is 0 Å². The summed E-state index contributed by atoms with van der Waals surface area (Å²) in [4.78, 5) is 0. The molecule has 0 aliphatic carbocycles. The van der Waals surface area contributed by atoms with E-state index in [1.807, 2.05) is 12.1 Å². The van der Waals surface area contributed by atoms with Gasteiger partial charge >= 0.3 is 0 Å². The highest BCUT2D eigenvalue weighted by Gasteiger charge is 2.06. The van der Waals surface area contributed by atoms with E-state index in [9.17, 15) is 0 Å². The minimum Gasteiger partial charge on any atom is -0.141 e. The molecule has 2 rings (SSSR count). The molecule has 1 aromatic heterocycles. The maximum absolute atomic E-state index is 6.03. The third kappa shape index (κ3) is 1.18. The lowest BCUT2D eigenvalue weighted by Crippen LogP contribution is -1.73. The summed E-state index contributed by atoms with van der Waals surface area (Å²) < 4.78 is 2.31. The van der Waals surface area contributed by atoms with Crippen molar-refractivity contribution in [2.24, 2.45) is 0 Å². The number of hydrogen-bond donors (Lipinski definition) is 0. The molecule has 0 saturated carbocycles. The first-order valence-electron chi connectivity index (χ1n) is 3.52. The molecular weight excluding hydrogens is 256 g/mol. The first kappa shape index (κ1) is 8.54. The molecule has 0 fully saturated rings. The molecule has 12 heavy (non-hydrogen) atoms. The number of benzene rings is 1. The van der Waals surface area contributed by atoms with Crippen molar-refractivity contribution in [2.75, 3.05) is 0 Å². The molecule has 0 amide bonds. The summed E-state index contributed by atoms with van der Waals surface area (Å²) in [5.74, 6) is 0. The molecule has 0 radical (unpaired) electrons. The highest BCUT2D eigenvalue weighted by atomic mass is 79.9. The summed E-state index contributed by atoms with van der Waals surface area (Å²) in [6.45, 7) is 2.09. The Morgan fingerprint density at radius 3 is 2.83 bits per heavy atom. The van der Waals surface area contributed by atoms with Gasteiger partial charge in [-0.3, -0.25) is 0 Å². The van der Waals surface area contributed by atoms with Gasteiger partial charge < -0.3 is 0 Å². The van der Waals surface area contributed by atoms with Crippen LogP contribution in [0.25, 0.3) is 10.1 Å². The van der Waals surface area contributed by atoms with Crippen LogP contribution >= 0.6 is 38.9 Å². The molecule has 0 spiro atoms. The minimum absolute atomic E-state index is 0.839. The summed E-state index contributed by atoms with van der Waals surface area (Å²) >= 11 is 11.2. The Balaban J connectivity index is 2.98. The third-order valence-electron chi connectivity index (χ3n) is 1.84. The molecule has 1 aromatic carbocycles. The van der Waals surface area contributed by atoms with Crippen molar-refractivity contribution in [2.45, 2.75) is 6.92 Å². The highest BCUT2D eigenvalue weighted by molar-refractivity contribution is 9.10. The molecule has 0 nitrogen and oxygen atoms in total. The number of fused-ring (bicyclic) bond motifs is 1. The summed E-state index contributed by atoms with van der Waals surface area (Å²) in [6, 6.07) is 3.99. The normalized spacial score (nSPS) is 10.9. The van der Waals surface area contributed by atoms with Gasteiger partial charge in [0.25, 0.3) is 0 Å². The second kappa shape index (κ2) is 3.02. The van der Waals surface area contributed by atoms with Crippen LogP contribution < -0.4 is 0 Å². The molecule has 0 unspecified atom stereocenters. The maximum Gasteiger partial charge on any atom is 0.0584 e. The Bertz CT molecular complexity index is 433. The van der Waals surface area contributed by atoms with E-state index >= 15 is 0 Å². The SMILES string of the molecule is Cc1ccc(Cl)c2scc(Br)c12. The van der Waals surface area contributed by atoms with Gasteiger partial charge in [0, 0.05) is 15.2 Å². The maximum atomic E-state index is 6.03. The summed E-state index contributed by atoms with van der Waals surface area (Å²) in [7, 11) is 0. The fourth-order valence-electron chi connectivity index (χ4n) is 1.24. The van der Waals surface area contributed by atoms with Crippen molar-refractivity contribution >= 4 is 49.0 Å². The Hall–Kier alpha value is -0.0500. The quantitative estimate of drug-likeness (QED) is 0.649. The second-order valence-corrected chi connectivity index (χ2v) is 4.79. The number of rotatable bonds is 0. The Morgan fingerprint density at radius 1 is 1.42 bits per heavy atom. The van der Waals surface area contributed by atoms with Crippen LogP contribution in [0.5, 0.6) is 0 Å². The first-order chi connectivity index (χ1) is 5.70. The summed E-state index contributed by atoms with van der Waals surface area (Å²) in [5, 5.41) is 4.16. The van der Waals surface area contributed by atoms with Gasteiger partial charge in [-0.05, 0) is 34.5 Å². The zero-order chi connectivity index (χ0) is 8.72. The van der Waals surface area contributed by atoms with Gasteiger partial charge in [0.15, 0.2) is 0 Å². The van der Waals surface area contributed by atoms with Crippen LogP contribution in [0.3, 0.4) is 0 Å². The molecule has 0 aliphatic rings. The second-order valence-electron chi connectivity index (χ2n) is 2.65. The van der Waals surface area contributed by atoms with E-state index in [-0.39, 0.29) is 0 Å². The predicted molar refractivity (Wildman–Crippen MR) is 59.3 cm³/mol. The fourth-order valence-corrected chi connectivity index (χ4v) is 3.36. The predicted octanol–water partition coefficient (Wildman–Crippen LogP) is 4.63. The van der Waals surface area contributed by atoms with Gasteiger partial charge in [-0.15, -0.1) is 11.3 Å². The largest absolute Gasteiger partial charge is 0.141 e. The molecular formula is C9H6BrClS. The number of halogens is 2. The number of aryl methyl sites for hydroxylation is 1. The molecule has 62 valence electrons. The zero-order valence-electron chi connectivity index (χ0n) is 6.40. The van der Waals surface area contributed by atoms with Gasteiger partial charge in [-0.1, -0.05) is 17.7 Å². The van der Waals surface area contributed by atoms with Crippen LogP contribution in [-0.4, -0.2) is 0 Å². The smallest absolute Gasteiger partial charge is 0.0584 e. The van der Waals surface area contributed by atoms with Crippen LogP contribution in [0.1, 0.15) is 5.56 Å². The molecule has 1 heterocycles. The van der Waals surface area contributed by atoms with E-state index in [0.717, 1.165) is 9.50 Å². The number of hydrogen-bond acceptors (Lipinski definition) is 1. The van der Waals surface area contributed by atoms with E-state index in [4.69, 9.17) is 11.6 Å². The van der Waals surface area contributed by atoms with Crippen LogP contribution in [0, 0.1) is 6.92 Å². The average Bonchev–Trinajstić information content (AvgIpc) is 2.42. The van der Waals surface area contributed by atoms with Crippen LogP contribution in [0.15, 0.2) is 22.0 Å². The van der Waals surface area contributed by atoms with E-state index in [0.29, 0.717) is 0 Å². The van der Waals surface area contributed by atoms with Crippen molar-refractivity contribution in [3.63, 3.8) is 0 Å². The van der Waals surface area contributed by atoms with E-state index in [2.05, 4.69) is 28.2 Å². The lowest BCUT2D eigenvalue weighted by atomic mass is 10.1. The highest BCUT2D eigenvalue weighted by Crippen LogP contribution is 2.36. The van der Waals surface area contributed by atoms with Gasteiger partial charge in [0.05, 0.1) is 9.72 Å². The van der Waals surface area contributed by atoms with Crippen LogP contribution in [0.4, 0.5) is 0 Å². The Morgan fingerprint density at radius 2 is 2.17 bits per heavy atom. The van der Waals surface area contributed by atoms with Crippen molar-refractivity contribution in [1.82, 2.24) is 0 Å². The zero-order valence-corrected chi connectivity index (χ0v) is 9.55. The first-order valence-corrected chi connectivity index (χ1v) is 5.57. The van der Waals surface area contributed by atoms with Crippen molar-refractivity contribution < 1.29 is 0 Å². The van der Waals surface area contributed by atoms with E-state index in [1.165, 1.54) is 15.6 Å². The molecule has 3 heteroatoms. The lowest BCUT2D eigenvalue weighted by Gasteiger charge is -1.97. The molecule has 2 aromatic rings. The Kier molecular flexibility index (Phi) is 2.15. The molecule has 0 aliphatic heterocycles. The summed E-state index contributed by atoms with van der Waals surface area (Å²) in [6.07, 6.45) is 0.